The molecule has 1 unspecified atom stereocenters. The highest BCUT2D eigenvalue weighted by atomic mass is 79.9. The molecule has 20 heavy (non-hydrogen) atoms. The van der Waals surface area contributed by atoms with E-state index in [-0.39, 0.29) is 11.6 Å². The van der Waals surface area contributed by atoms with E-state index in [4.69, 9.17) is 4.74 Å². The number of ether oxygens (including phenoxy) is 1. The number of benzene rings is 1. The minimum absolute atomic E-state index is 0.0218. The second-order valence-corrected chi connectivity index (χ2v) is 5.47. The van der Waals surface area contributed by atoms with Gasteiger partial charge < -0.3 is 9.64 Å². The zero-order chi connectivity index (χ0) is 14.9. The van der Waals surface area contributed by atoms with Gasteiger partial charge in [-0.3, -0.25) is 4.79 Å². The molecule has 1 aromatic rings. The van der Waals surface area contributed by atoms with Gasteiger partial charge in [-0.2, -0.15) is 13.2 Å². The lowest BCUT2D eigenvalue weighted by Crippen LogP contribution is -2.47. The van der Waals surface area contributed by atoms with Crippen LogP contribution in [0, 0.1) is 0 Å². The normalized spacial score (nSPS) is 20.1. The van der Waals surface area contributed by atoms with Gasteiger partial charge in [-0.1, -0.05) is 0 Å². The number of carbonyl (C=O) groups excluding carboxylic acids is 1. The number of carbonyl (C=O) groups is 1. The van der Waals surface area contributed by atoms with E-state index in [1.54, 1.807) is 6.92 Å². The molecule has 1 fully saturated rings. The molecule has 1 amide bonds. The number of morpholine rings is 1. The second kappa shape index (κ2) is 5.73. The Hall–Kier alpha value is -1.08. The lowest BCUT2D eigenvalue weighted by Gasteiger charge is -2.33. The van der Waals surface area contributed by atoms with Crippen molar-refractivity contribution in [3.8, 4) is 0 Å². The van der Waals surface area contributed by atoms with Crippen LogP contribution in [0.4, 0.5) is 13.2 Å². The molecule has 0 saturated carbocycles. The summed E-state index contributed by atoms with van der Waals surface area (Å²) in [6.45, 7) is 2.97. The molecule has 1 saturated heterocycles. The molecule has 0 bridgehead atoms. The van der Waals surface area contributed by atoms with E-state index in [1.807, 2.05) is 0 Å². The largest absolute Gasteiger partial charge is 0.416 e. The van der Waals surface area contributed by atoms with E-state index >= 15 is 0 Å². The average Bonchev–Trinajstić information content (AvgIpc) is 2.37. The average molecular weight is 352 g/mol. The molecule has 7 heteroatoms. The van der Waals surface area contributed by atoms with E-state index in [0.717, 1.165) is 12.1 Å². The third-order valence-electron chi connectivity index (χ3n) is 3.15. The third kappa shape index (κ3) is 3.15. The Morgan fingerprint density at radius 2 is 2.15 bits per heavy atom. The summed E-state index contributed by atoms with van der Waals surface area (Å²) in [6.07, 6.45) is -4.47. The van der Waals surface area contributed by atoms with Gasteiger partial charge in [0.1, 0.15) is 0 Å². The minimum atomic E-state index is -4.47. The standard InChI is InChI=1S/C13H13BrF3NO2/c1-8-7-20-5-4-18(8)12(19)10-6-9(13(15,16)17)2-3-11(10)14/h2-3,6,8H,4-5,7H2,1H3. The summed E-state index contributed by atoms with van der Waals surface area (Å²) >= 11 is 3.14. The van der Waals surface area contributed by atoms with Crippen molar-refractivity contribution < 1.29 is 22.7 Å². The van der Waals surface area contributed by atoms with Crippen LogP contribution in [0.5, 0.6) is 0 Å². The van der Waals surface area contributed by atoms with Crippen LogP contribution in [0.25, 0.3) is 0 Å². The Labute approximate surface area is 122 Å². The highest BCUT2D eigenvalue weighted by Gasteiger charge is 2.33. The zero-order valence-electron chi connectivity index (χ0n) is 10.7. The first-order valence-electron chi connectivity index (χ1n) is 6.06. The van der Waals surface area contributed by atoms with Crippen molar-refractivity contribution in [3.05, 3.63) is 33.8 Å². The molecule has 1 aliphatic heterocycles. The number of amides is 1. The molecule has 1 heterocycles. The lowest BCUT2D eigenvalue weighted by atomic mass is 10.1. The highest BCUT2D eigenvalue weighted by molar-refractivity contribution is 9.10. The predicted molar refractivity (Wildman–Crippen MR) is 70.5 cm³/mol. The van der Waals surface area contributed by atoms with Gasteiger partial charge in [0.05, 0.1) is 30.4 Å². The summed E-state index contributed by atoms with van der Waals surface area (Å²) in [6, 6.07) is 2.93. The molecular formula is C13H13BrF3NO2. The van der Waals surface area contributed by atoms with Crippen LogP contribution in [0.15, 0.2) is 22.7 Å². The van der Waals surface area contributed by atoms with E-state index in [2.05, 4.69) is 15.9 Å². The maximum atomic E-state index is 12.7. The van der Waals surface area contributed by atoms with Crippen molar-refractivity contribution in [3.63, 3.8) is 0 Å². The Bertz CT molecular complexity index is 519. The van der Waals surface area contributed by atoms with Crippen molar-refractivity contribution in [2.45, 2.75) is 19.1 Å². The molecule has 0 aromatic heterocycles. The van der Waals surface area contributed by atoms with E-state index < -0.39 is 17.6 Å². The van der Waals surface area contributed by atoms with E-state index in [9.17, 15) is 18.0 Å². The number of rotatable bonds is 1. The van der Waals surface area contributed by atoms with Crippen LogP contribution >= 0.6 is 15.9 Å². The van der Waals surface area contributed by atoms with E-state index in [0.29, 0.717) is 24.2 Å². The molecule has 110 valence electrons. The molecule has 0 aliphatic carbocycles. The third-order valence-corrected chi connectivity index (χ3v) is 3.84. The van der Waals surface area contributed by atoms with Gasteiger partial charge in [0.15, 0.2) is 0 Å². The van der Waals surface area contributed by atoms with Gasteiger partial charge in [-0.25, -0.2) is 0 Å². The molecule has 0 spiro atoms. The molecule has 3 nitrogen and oxygen atoms in total. The fourth-order valence-electron chi connectivity index (χ4n) is 2.05. The number of nitrogens with zero attached hydrogens (tertiary/aromatic N) is 1. The molecule has 0 radical (unpaired) electrons. The van der Waals surface area contributed by atoms with E-state index in [1.165, 1.54) is 11.0 Å². The summed E-state index contributed by atoms with van der Waals surface area (Å²) in [4.78, 5) is 13.9. The molecule has 0 N–H and O–H groups in total. The number of halogens is 4. The van der Waals surface area contributed by atoms with Crippen LogP contribution in [0.2, 0.25) is 0 Å². The Kier molecular flexibility index (Phi) is 4.39. The topological polar surface area (TPSA) is 29.5 Å². The van der Waals surface area contributed by atoms with Crippen LogP contribution in [-0.2, 0) is 10.9 Å². The maximum Gasteiger partial charge on any atom is 0.416 e. The molecule has 2 rings (SSSR count). The van der Waals surface area contributed by atoms with Gasteiger partial charge in [0.25, 0.3) is 5.91 Å². The fraction of sp³-hybridized carbons (Fsp3) is 0.462. The Morgan fingerprint density at radius 3 is 2.75 bits per heavy atom. The van der Waals surface area contributed by atoms with Crippen LogP contribution < -0.4 is 0 Å². The van der Waals surface area contributed by atoms with Gasteiger partial charge in [-0.15, -0.1) is 0 Å². The maximum absolute atomic E-state index is 12.7. The summed E-state index contributed by atoms with van der Waals surface area (Å²) in [5, 5.41) is 0. The quantitative estimate of drug-likeness (QED) is 0.776. The Balaban J connectivity index is 2.33. The van der Waals surface area contributed by atoms with Crippen molar-refractivity contribution in [2.75, 3.05) is 19.8 Å². The molecule has 1 aromatic carbocycles. The predicted octanol–water partition coefficient (Wildman–Crippen LogP) is 3.33. The van der Waals surface area contributed by atoms with Crippen LogP contribution in [0.1, 0.15) is 22.8 Å². The van der Waals surface area contributed by atoms with Crippen LogP contribution in [0.3, 0.4) is 0 Å². The van der Waals surface area contributed by atoms with Gasteiger partial charge >= 0.3 is 6.18 Å². The van der Waals surface area contributed by atoms with Crippen molar-refractivity contribution in [1.82, 2.24) is 4.90 Å². The monoisotopic (exact) mass is 351 g/mol. The van der Waals surface area contributed by atoms with Crippen molar-refractivity contribution in [1.29, 1.82) is 0 Å². The molecular weight excluding hydrogens is 339 g/mol. The molecule has 1 atom stereocenters. The van der Waals surface area contributed by atoms with Crippen LogP contribution in [-0.4, -0.2) is 36.6 Å². The second-order valence-electron chi connectivity index (χ2n) is 4.61. The smallest absolute Gasteiger partial charge is 0.377 e. The number of hydrogen-bond acceptors (Lipinski definition) is 2. The van der Waals surface area contributed by atoms with Crippen molar-refractivity contribution in [2.24, 2.45) is 0 Å². The fourth-order valence-corrected chi connectivity index (χ4v) is 2.47. The summed E-state index contributed by atoms with van der Waals surface area (Å²) in [7, 11) is 0. The number of alkyl halides is 3. The Morgan fingerprint density at radius 1 is 1.45 bits per heavy atom. The van der Waals surface area contributed by atoms with Gasteiger partial charge in [0, 0.05) is 11.0 Å². The first kappa shape index (κ1) is 15.3. The summed E-state index contributed by atoms with van der Waals surface area (Å²) in [5.74, 6) is -0.418. The van der Waals surface area contributed by atoms with Crippen molar-refractivity contribution >= 4 is 21.8 Å². The summed E-state index contributed by atoms with van der Waals surface area (Å²) < 4.78 is 43.7. The highest BCUT2D eigenvalue weighted by Crippen LogP contribution is 2.32. The van der Waals surface area contributed by atoms with Gasteiger partial charge in [-0.05, 0) is 41.1 Å². The first-order valence-corrected chi connectivity index (χ1v) is 6.85. The minimum Gasteiger partial charge on any atom is -0.377 e. The first-order chi connectivity index (χ1) is 9.30. The summed E-state index contributed by atoms with van der Waals surface area (Å²) in [5.41, 5.74) is -0.807. The molecule has 1 aliphatic rings. The lowest BCUT2D eigenvalue weighted by molar-refractivity contribution is -0.137. The van der Waals surface area contributed by atoms with Gasteiger partial charge in [0.2, 0.25) is 0 Å². The SMILES string of the molecule is CC1COCCN1C(=O)c1cc(C(F)(F)F)ccc1Br. The zero-order valence-corrected chi connectivity index (χ0v) is 12.3. The number of hydrogen-bond donors (Lipinski definition) is 0.